The fourth-order valence-electron chi connectivity index (χ4n) is 2.90. The molecule has 5 heteroatoms. The second-order valence-electron chi connectivity index (χ2n) is 5.64. The van der Waals surface area contributed by atoms with Crippen molar-refractivity contribution in [3.05, 3.63) is 47.3 Å². The van der Waals surface area contributed by atoms with Crippen LogP contribution < -0.4 is 4.74 Å². The van der Waals surface area contributed by atoms with Crippen LogP contribution in [0.1, 0.15) is 29.4 Å². The molecule has 3 rings (SSSR count). The van der Waals surface area contributed by atoms with Crippen molar-refractivity contribution in [3.8, 4) is 5.75 Å². The van der Waals surface area contributed by atoms with E-state index in [0.717, 1.165) is 43.1 Å². The summed E-state index contributed by atoms with van der Waals surface area (Å²) in [6.45, 7) is 4.84. The van der Waals surface area contributed by atoms with Crippen LogP contribution in [0, 0.1) is 12.7 Å². The van der Waals surface area contributed by atoms with E-state index < -0.39 is 0 Å². The first-order valence-electron chi connectivity index (χ1n) is 7.22. The summed E-state index contributed by atoms with van der Waals surface area (Å²) < 4.78 is 18.5. The van der Waals surface area contributed by atoms with E-state index in [9.17, 15) is 4.39 Å². The highest BCUT2D eigenvalue weighted by molar-refractivity contribution is 5.30. The van der Waals surface area contributed by atoms with Crippen molar-refractivity contribution in [3.63, 3.8) is 0 Å². The minimum absolute atomic E-state index is 0.310. The molecular formula is C16H20FN3O. The molecule has 2 heterocycles. The highest BCUT2D eigenvalue weighted by atomic mass is 19.1. The highest BCUT2D eigenvalue weighted by Crippen LogP contribution is 2.27. The molecule has 1 N–H and O–H groups in total. The molecule has 1 aliphatic rings. The Balaban J connectivity index is 1.64. The Morgan fingerprint density at radius 2 is 2.33 bits per heavy atom. The Kier molecular flexibility index (Phi) is 3.92. The monoisotopic (exact) mass is 289 g/mol. The van der Waals surface area contributed by atoms with Gasteiger partial charge < -0.3 is 9.72 Å². The third kappa shape index (κ3) is 3.08. The van der Waals surface area contributed by atoms with Crippen LogP contribution >= 0.6 is 0 Å². The van der Waals surface area contributed by atoms with E-state index in [4.69, 9.17) is 4.74 Å². The van der Waals surface area contributed by atoms with Gasteiger partial charge >= 0.3 is 0 Å². The van der Waals surface area contributed by atoms with Gasteiger partial charge in [0.25, 0.3) is 0 Å². The lowest BCUT2D eigenvalue weighted by molar-refractivity contribution is 0.324. The number of H-pyrrole nitrogens is 1. The summed E-state index contributed by atoms with van der Waals surface area (Å²) in [6, 6.07) is 5.07. The van der Waals surface area contributed by atoms with Crippen molar-refractivity contribution in [2.75, 3.05) is 20.2 Å². The van der Waals surface area contributed by atoms with E-state index in [2.05, 4.69) is 14.9 Å². The second-order valence-corrected chi connectivity index (χ2v) is 5.64. The summed E-state index contributed by atoms with van der Waals surface area (Å²) >= 11 is 0. The molecule has 0 bridgehead atoms. The Hall–Kier alpha value is -1.88. The standard InChI is InChI=1S/C16H20FN3O/c1-11-8-18-16(19-11)13-5-6-20(10-13)9-12-3-4-14(17)15(7-12)21-2/h3-4,7-8,13H,5-6,9-10H2,1-2H3,(H,18,19)/t13-/m0/s1. The van der Waals surface area contributed by atoms with Crippen LogP contribution in [0.5, 0.6) is 5.75 Å². The fraction of sp³-hybridized carbons (Fsp3) is 0.438. The van der Waals surface area contributed by atoms with Gasteiger partial charge in [0.15, 0.2) is 11.6 Å². The molecule has 0 spiro atoms. The van der Waals surface area contributed by atoms with E-state index in [-0.39, 0.29) is 5.82 Å². The number of ether oxygens (including phenoxy) is 1. The van der Waals surface area contributed by atoms with Gasteiger partial charge in [-0.1, -0.05) is 6.07 Å². The summed E-state index contributed by atoms with van der Waals surface area (Å²) in [7, 11) is 1.49. The number of hydrogen-bond acceptors (Lipinski definition) is 3. The van der Waals surface area contributed by atoms with Crippen molar-refractivity contribution in [2.24, 2.45) is 0 Å². The highest BCUT2D eigenvalue weighted by Gasteiger charge is 2.25. The number of imidazole rings is 1. The lowest BCUT2D eigenvalue weighted by Gasteiger charge is -2.16. The zero-order chi connectivity index (χ0) is 14.8. The maximum Gasteiger partial charge on any atom is 0.165 e. The van der Waals surface area contributed by atoms with Crippen LogP contribution in [0.25, 0.3) is 0 Å². The predicted molar refractivity (Wildman–Crippen MR) is 78.9 cm³/mol. The van der Waals surface area contributed by atoms with Crippen LogP contribution in [-0.2, 0) is 6.54 Å². The van der Waals surface area contributed by atoms with Crippen LogP contribution in [0.15, 0.2) is 24.4 Å². The average Bonchev–Trinajstić information content (AvgIpc) is 3.10. The number of methoxy groups -OCH3 is 1. The minimum atomic E-state index is -0.313. The number of likely N-dealkylation sites (tertiary alicyclic amines) is 1. The first-order chi connectivity index (χ1) is 10.2. The Morgan fingerprint density at radius 3 is 3.05 bits per heavy atom. The van der Waals surface area contributed by atoms with E-state index >= 15 is 0 Å². The van der Waals surface area contributed by atoms with Gasteiger partial charge in [-0.15, -0.1) is 0 Å². The van der Waals surface area contributed by atoms with Crippen molar-refractivity contribution in [2.45, 2.75) is 25.8 Å². The van der Waals surface area contributed by atoms with E-state index in [0.29, 0.717) is 11.7 Å². The first kappa shape index (κ1) is 14.1. The summed E-state index contributed by atoms with van der Waals surface area (Å²) in [5, 5.41) is 0. The van der Waals surface area contributed by atoms with Gasteiger partial charge in [0.05, 0.1) is 7.11 Å². The average molecular weight is 289 g/mol. The molecule has 1 saturated heterocycles. The van der Waals surface area contributed by atoms with Crippen molar-refractivity contribution in [1.29, 1.82) is 0 Å². The molecular weight excluding hydrogens is 269 g/mol. The fourth-order valence-corrected chi connectivity index (χ4v) is 2.90. The van der Waals surface area contributed by atoms with Crippen molar-refractivity contribution in [1.82, 2.24) is 14.9 Å². The molecule has 1 aliphatic heterocycles. The van der Waals surface area contributed by atoms with Gasteiger partial charge in [-0.05, 0) is 37.6 Å². The number of aryl methyl sites for hydroxylation is 1. The SMILES string of the molecule is COc1cc(CN2CC[C@H](c3ncc(C)[nH]3)C2)ccc1F. The number of hydrogen-bond donors (Lipinski definition) is 1. The number of halogens is 1. The van der Waals surface area contributed by atoms with Gasteiger partial charge in [-0.2, -0.15) is 0 Å². The van der Waals surface area contributed by atoms with Gasteiger partial charge in [0.1, 0.15) is 5.82 Å². The van der Waals surface area contributed by atoms with Gasteiger partial charge in [-0.25, -0.2) is 9.37 Å². The lowest BCUT2D eigenvalue weighted by atomic mass is 10.1. The van der Waals surface area contributed by atoms with Gasteiger partial charge in [0.2, 0.25) is 0 Å². The third-order valence-corrected chi connectivity index (χ3v) is 4.00. The minimum Gasteiger partial charge on any atom is -0.494 e. The molecule has 4 nitrogen and oxygen atoms in total. The maximum absolute atomic E-state index is 13.4. The maximum atomic E-state index is 13.4. The lowest BCUT2D eigenvalue weighted by Crippen LogP contribution is -2.20. The zero-order valence-electron chi connectivity index (χ0n) is 12.4. The summed E-state index contributed by atoms with van der Waals surface area (Å²) in [6.07, 6.45) is 2.98. The molecule has 1 atom stereocenters. The number of rotatable bonds is 4. The van der Waals surface area contributed by atoms with Crippen molar-refractivity contribution < 1.29 is 9.13 Å². The number of nitrogens with one attached hydrogen (secondary N) is 1. The van der Waals surface area contributed by atoms with Crippen LogP contribution in [0.4, 0.5) is 4.39 Å². The van der Waals surface area contributed by atoms with E-state index in [1.54, 1.807) is 6.07 Å². The molecule has 1 fully saturated rings. The summed E-state index contributed by atoms with van der Waals surface area (Å²) in [5.74, 6) is 1.53. The van der Waals surface area contributed by atoms with E-state index in [1.165, 1.54) is 13.2 Å². The number of benzene rings is 1. The topological polar surface area (TPSA) is 41.1 Å². The third-order valence-electron chi connectivity index (χ3n) is 4.00. The second kappa shape index (κ2) is 5.85. The van der Waals surface area contributed by atoms with Crippen LogP contribution in [-0.4, -0.2) is 35.1 Å². The zero-order valence-corrected chi connectivity index (χ0v) is 12.4. The van der Waals surface area contributed by atoms with Crippen molar-refractivity contribution >= 4 is 0 Å². The molecule has 21 heavy (non-hydrogen) atoms. The first-order valence-corrected chi connectivity index (χ1v) is 7.22. The molecule has 0 amide bonds. The molecule has 2 aromatic rings. The smallest absolute Gasteiger partial charge is 0.165 e. The quantitative estimate of drug-likeness (QED) is 0.941. The van der Waals surface area contributed by atoms with Crippen LogP contribution in [0.2, 0.25) is 0 Å². The molecule has 112 valence electrons. The van der Waals surface area contributed by atoms with E-state index in [1.807, 2.05) is 19.2 Å². The Labute approximate surface area is 124 Å². The molecule has 1 aromatic carbocycles. The summed E-state index contributed by atoms with van der Waals surface area (Å²) in [5.41, 5.74) is 2.18. The molecule has 1 aromatic heterocycles. The number of nitrogens with zero attached hydrogens (tertiary/aromatic N) is 2. The normalized spacial score (nSPS) is 19.1. The number of aromatic amines is 1. The Bertz CT molecular complexity index is 626. The van der Waals surface area contributed by atoms with Gasteiger partial charge in [0, 0.05) is 30.9 Å². The summed E-state index contributed by atoms with van der Waals surface area (Å²) in [4.78, 5) is 10.1. The van der Waals surface area contributed by atoms with Gasteiger partial charge in [-0.3, -0.25) is 4.90 Å². The molecule has 0 radical (unpaired) electrons. The number of aromatic nitrogens is 2. The Morgan fingerprint density at radius 1 is 1.48 bits per heavy atom. The molecule has 0 saturated carbocycles. The predicted octanol–water partition coefficient (Wildman–Crippen LogP) is 2.86. The molecule has 0 unspecified atom stereocenters. The molecule has 0 aliphatic carbocycles. The van der Waals surface area contributed by atoms with Crippen LogP contribution in [0.3, 0.4) is 0 Å². The largest absolute Gasteiger partial charge is 0.494 e.